The van der Waals surface area contributed by atoms with Crippen LogP contribution >= 0.6 is 0 Å². The lowest BCUT2D eigenvalue weighted by Crippen LogP contribution is -2.31. The van der Waals surface area contributed by atoms with Crippen LogP contribution in [0.5, 0.6) is 5.75 Å². The molecule has 0 bridgehead atoms. The molecule has 1 N–H and O–H groups in total. The van der Waals surface area contributed by atoms with Crippen LogP contribution in [-0.2, 0) is 9.84 Å². The number of carbonyl (C=O) groups is 1. The van der Waals surface area contributed by atoms with E-state index < -0.39 is 15.1 Å². The second-order valence-corrected chi connectivity index (χ2v) is 8.66. The highest BCUT2D eigenvalue weighted by Gasteiger charge is 2.31. The summed E-state index contributed by atoms with van der Waals surface area (Å²) < 4.78 is 37.1. The molecule has 0 aliphatic rings. The summed E-state index contributed by atoms with van der Waals surface area (Å²) in [6.07, 6.45) is 1.42. The van der Waals surface area contributed by atoms with E-state index in [9.17, 15) is 13.2 Å². The molecule has 7 heteroatoms. The zero-order chi connectivity index (χ0) is 20.9. The summed E-state index contributed by atoms with van der Waals surface area (Å²) in [5.74, 6) is 0.570. The number of nitrogens with one attached hydrogen (secondary N) is 1. The molecule has 0 saturated heterocycles. The first-order chi connectivity index (χ1) is 13.9. The van der Waals surface area contributed by atoms with Gasteiger partial charge in [0.2, 0.25) is 0 Å². The Kier molecular flexibility index (Phi) is 6.39. The minimum absolute atomic E-state index is 0.115. The van der Waals surface area contributed by atoms with Gasteiger partial charge in [-0.15, -0.1) is 0 Å². The van der Waals surface area contributed by atoms with Crippen LogP contribution in [0.25, 0.3) is 0 Å². The lowest BCUT2D eigenvalue weighted by Gasteiger charge is -2.17. The molecule has 152 valence electrons. The van der Waals surface area contributed by atoms with E-state index in [1.54, 1.807) is 60.7 Å². The SMILES string of the molecule is CCOc1ccc(C(=O)NC[C@@H](c2ccco2)S(=O)(=O)c2ccc(C)cc2)cc1. The summed E-state index contributed by atoms with van der Waals surface area (Å²) in [6, 6.07) is 16.5. The fourth-order valence-corrected chi connectivity index (χ4v) is 4.47. The topological polar surface area (TPSA) is 85.6 Å². The fourth-order valence-electron chi connectivity index (χ4n) is 2.89. The highest BCUT2D eigenvalue weighted by atomic mass is 32.2. The Morgan fingerprint density at radius 1 is 1.07 bits per heavy atom. The number of hydrogen-bond acceptors (Lipinski definition) is 5. The van der Waals surface area contributed by atoms with Crippen molar-refractivity contribution in [2.75, 3.05) is 13.2 Å². The van der Waals surface area contributed by atoms with Gasteiger partial charge < -0.3 is 14.5 Å². The second kappa shape index (κ2) is 8.96. The van der Waals surface area contributed by atoms with Crippen molar-refractivity contribution in [2.24, 2.45) is 0 Å². The van der Waals surface area contributed by atoms with Crippen molar-refractivity contribution >= 4 is 15.7 Å². The Bertz CT molecular complexity index is 1040. The third kappa shape index (κ3) is 4.86. The van der Waals surface area contributed by atoms with Gasteiger partial charge in [-0.1, -0.05) is 17.7 Å². The maximum absolute atomic E-state index is 13.2. The Morgan fingerprint density at radius 2 is 1.76 bits per heavy atom. The molecule has 1 aromatic heterocycles. The summed E-state index contributed by atoms with van der Waals surface area (Å²) in [5.41, 5.74) is 1.38. The van der Waals surface area contributed by atoms with E-state index >= 15 is 0 Å². The van der Waals surface area contributed by atoms with Gasteiger partial charge in [-0.3, -0.25) is 4.79 Å². The van der Waals surface area contributed by atoms with Gasteiger partial charge in [0.15, 0.2) is 9.84 Å². The summed E-state index contributed by atoms with van der Waals surface area (Å²) in [5, 5.41) is 1.67. The van der Waals surface area contributed by atoms with Gasteiger partial charge >= 0.3 is 0 Å². The number of sulfone groups is 1. The largest absolute Gasteiger partial charge is 0.494 e. The molecular weight excluding hydrogens is 390 g/mol. The molecule has 1 atom stereocenters. The Hall–Kier alpha value is -3.06. The molecule has 29 heavy (non-hydrogen) atoms. The fraction of sp³-hybridized carbons (Fsp3) is 0.227. The van der Waals surface area contributed by atoms with Gasteiger partial charge in [0.1, 0.15) is 16.8 Å². The van der Waals surface area contributed by atoms with Crippen LogP contribution in [0.4, 0.5) is 0 Å². The van der Waals surface area contributed by atoms with Crippen molar-refractivity contribution < 1.29 is 22.4 Å². The second-order valence-electron chi connectivity index (χ2n) is 6.53. The smallest absolute Gasteiger partial charge is 0.251 e. The molecular formula is C22H23NO5S. The van der Waals surface area contributed by atoms with Crippen molar-refractivity contribution in [3.8, 4) is 5.75 Å². The Balaban J connectivity index is 1.80. The maximum atomic E-state index is 13.2. The van der Waals surface area contributed by atoms with Crippen LogP contribution in [0.15, 0.2) is 76.2 Å². The van der Waals surface area contributed by atoms with Crippen LogP contribution in [0.2, 0.25) is 0 Å². The van der Waals surface area contributed by atoms with Crippen molar-refractivity contribution in [1.29, 1.82) is 0 Å². The highest BCUT2D eigenvalue weighted by Crippen LogP contribution is 2.29. The molecule has 0 saturated carbocycles. The first kappa shape index (κ1) is 20.7. The average Bonchev–Trinajstić information content (AvgIpc) is 3.23. The third-order valence-electron chi connectivity index (χ3n) is 4.46. The van der Waals surface area contributed by atoms with Crippen molar-refractivity contribution in [1.82, 2.24) is 5.32 Å². The summed E-state index contributed by atoms with van der Waals surface area (Å²) >= 11 is 0. The first-order valence-electron chi connectivity index (χ1n) is 9.27. The van der Waals surface area contributed by atoms with Gasteiger partial charge in [-0.25, -0.2) is 8.42 Å². The zero-order valence-corrected chi connectivity index (χ0v) is 17.1. The normalized spacial score (nSPS) is 12.3. The minimum atomic E-state index is -3.76. The number of aryl methyl sites for hydroxylation is 1. The zero-order valence-electron chi connectivity index (χ0n) is 16.3. The number of amides is 1. The minimum Gasteiger partial charge on any atom is -0.494 e. The molecule has 1 heterocycles. The Morgan fingerprint density at radius 3 is 2.34 bits per heavy atom. The van der Waals surface area contributed by atoms with Crippen LogP contribution < -0.4 is 10.1 Å². The number of furan rings is 1. The number of rotatable bonds is 8. The van der Waals surface area contributed by atoms with E-state index in [2.05, 4.69) is 5.32 Å². The van der Waals surface area contributed by atoms with Crippen molar-refractivity contribution in [2.45, 2.75) is 24.0 Å². The molecule has 2 aromatic carbocycles. The number of ether oxygens (including phenoxy) is 1. The van der Waals surface area contributed by atoms with Gasteiger partial charge in [-0.2, -0.15) is 0 Å². The van der Waals surface area contributed by atoms with E-state index in [0.29, 0.717) is 17.9 Å². The monoisotopic (exact) mass is 413 g/mol. The predicted molar refractivity (Wildman–Crippen MR) is 110 cm³/mol. The molecule has 0 aliphatic heterocycles. The highest BCUT2D eigenvalue weighted by molar-refractivity contribution is 7.91. The van der Waals surface area contributed by atoms with Crippen molar-refractivity contribution in [3.05, 3.63) is 83.8 Å². The van der Waals surface area contributed by atoms with Crippen LogP contribution in [0.1, 0.15) is 33.9 Å². The van der Waals surface area contributed by atoms with E-state index in [1.807, 2.05) is 13.8 Å². The summed E-state index contributed by atoms with van der Waals surface area (Å²) in [6.45, 7) is 4.18. The van der Waals surface area contributed by atoms with Gasteiger partial charge in [0, 0.05) is 12.1 Å². The lowest BCUT2D eigenvalue weighted by molar-refractivity contribution is 0.0953. The third-order valence-corrected chi connectivity index (χ3v) is 6.54. The first-order valence-corrected chi connectivity index (χ1v) is 10.8. The predicted octanol–water partition coefficient (Wildman–Crippen LogP) is 3.93. The molecule has 0 aliphatic carbocycles. The van der Waals surface area contributed by atoms with E-state index in [1.165, 1.54) is 6.26 Å². The average molecular weight is 413 g/mol. The number of benzene rings is 2. The molecule has 0 unspecified atom stereocenters. The molecule has 0 radical (unpaired) electrons. The van der Waals surface area contributed by atoms with Gasteiger partial charge in [-0.05, 0) is 62.4 Å². The van der Waals surface area contributed by atoms with Crippen LogP contribution in [-0.4, -0.2) is 27.5 Å². The van der Waals surface area contributed by atoms with Crippen LogP contribution in [0.3, 0.4) is 0 Å². The Labute approximate surface area is 170 Å². The van der Waals surface area contributed by atoms with Crippen LogP contribution in [0, 0.1) is 6.92 Å². The summed E-state index contributed by atoms with van der Waals surface area (Å²) in [4.78, 5) is 12.7. The quantitative estimate of drug-likeness (QED) is 0.605. The van der Waals surface area contributed by atoms with E-state index in [0.717, 1.165) is 5.56 Å². The van der Waals surface area contributed by atoms with Gasteiger partial charge in [0.25, 0.3) is 5.91 Å². The van der Waals surface area contributed by atoms with Crippen molar-refractivity contribution in [3.63, 3.8) is 0 Å². The van der Waals surface area contributed by atoms with E-state index in [4.69, 9.17) is 9.15 Å². The molecule has 6 nitrogen and oxygen atoms in total. The number of carbonyl (C=O) groups excluding carboxylic acids is 1. The van der Waals surface area contributed by atoms with E-state index in [-0.39, 0.29) is 23.1 Å². The lowest BCUT2D eigenvalue weighted by atomic mass is 10.2. The summed E-state index contributed by atoms with van der Waals surface area (Å²) in [7, 11) is -3.76. The molecule has 3 rings (SSSR count). The standard InChI is InChI=1S/C22H23NO5S/c1-3-27-18-10-8-17(9-11-18)22(24)23-15-21(20-5-4-14-28-20)29(25,26)19-12-6-16(2)7-13-19/h4-14,21H,3,15H2,1-2H3,(H,23,24)/t21-/m0/s1. The molecule has 3 aromatic rings. The number of hydrogen-bond donors (Lipinski definition) is 1. The molecule has 1 amide bonds. The van der Waals surface area contributed by atoms with Gasteiger partial charge in [0.05, 0.1) is 17.8 Å². The maximum Gasteiger partial charge on any atom is 0.251 e. The molecule has 0 spiro atoms. The molecule has 0 fully saturated rings.